The average molecular weight is 310 g/mol. The van der Waals surface area contributed by atoms with Gasteiger partial charge in [-0.2, -0.15) is 0 Å². The molecule has 1 aromatic heterocycles. The molecule has 0 bridgehead atoms. The molecule has 0 radical (unpaired) electrons. The second kappa shape index (κ2) is 10.1. The highest BCUT2D eigenvalue weighted by molar-refractivity contribution is 5.55. The van der Waals surface area contributed by atoms with Crippen LogP contribution in [0, 0.1) is 0 Å². The first kappa shape index (κ1) is 17.7. The number of rotatable bonds is 10. The van der Waals surface area contributed by atoms with Crippen LogP contribution < -0.4 is 0 Å². The highest BCUT2D eigenvalue weighted by Crippen LogP contribution is 2.17. The van der Waals surface area contributed by atoms with Crippen molar-refractivity contribution in [1.82, 2.24) is 9.97 Å². The predicted octanol–water partition coefficient (Wildman–Crippen LogP) is 6.00. The summed E-state index contributed by atoms with van der Waals surface area (Å²) in [6.07, 6.45) is 15.3. The van der Waals surface area contributed by atoms with Crippen LogP contribution in [0.25, 0.3) is 11.4 Å². The predicted molar refractivity (Wildman–Crippen MR) is 98.5 cm³/mol. The highest BCUT2D eigenvalue weighted by Gasteiger charge is 2.02. The Balaban J connectivity index is 1.88. The van der Waals surface area contributed by atoms with Crippen LogP contribution in [0.4, 0.5) is 0 Å². The van der Waals surface area contributed by atoms with Crippen molar-refractivity contribution in [3.63, 3.8) is 0 Å². The largest absolute Gasteiger partial charge is 0.236 e. The van der Waals surface area contributed by atoms with E-state index in [1.54, 1.807) is 0 Å². The normalized spacial score (nSPS) is 10.9. The van der Waals surface area contributed by atoms with Crippen LogP contribution in [0.5, 0.6) is 0 Å². The van der Waals surface area contributed by atoms with Gasteiger partial charge in [-0.05, 0) is 36.8 Å². The topological polar surface area (TPSA) is 25.8 Å². The van der Waals surface area contributed by atoms with Crippen LogP contribution >= 0.6 is 0 Å². The Bertz CT molecular complexity index is 543. The van der Waals surface area contributed by atoms with Crippen molar-refractivity contribution in [2.45, 2.75) is 71.6 Å². The molecule has 2 aromatic rings. The van der Waals surface area contributed by atoms with Gasteiger partial charge in [0.15, 0.2) is 5.82 Å². The summed E-state index contributed by atoms with van der Waals surface area (Å²) >= 11 is 0. The smallest absolute Gasteiger partial charge is 0.159 e. The second-order valence-corrected chi connectivity index (χ2v) is 6.38. The molecule has 0 fully saturated rings. The lowest BCUT2D eigenvalue weighted by atomic mass is 10.0. The summed E-state index contributed by atoms with van der Waals surface area (Å²) in [5, 5.41) is 0. The number of aryl methyl sites for hydroxylation is 2. The molecule has 2 heteroatoms. The molecule has 0 spiro atoms. The van der Waals surface area contributed by atoms with Gasteiger partial charge in [0.1, 0.15) is 0 Å². The third-order valence-electron chi connectivity index (χ3n) is 4.31. The molecule has 2 nitrogen and oxygen atoms in total. The molecule has 0 N–H and O–H groups in total. The van der Waals surface area contributed by atoms with Gasteiger partial charge in [0.2, 0.25) is 0 Å². The van der Waals surface area contributed by atoms with Gasteiger partial charge in [-0.3, -0.25) is 0 Å². The third kappa shape index (κ3) is 6.13. The van der Waals surface area contributed by atoms with Gasteiger partial charge in [0, 0.05) is 18.0 Å². The lowest BCUT2D eigenvalue weighted by Gasteiger charge is -2.05. The molecule has 0 aliphatic rings. The van der Waals surface area contributed by atoms with Gasteiger partial charge in [0.25, 0.3) is 0 Å². The van der Waals surface area contributed by atoms with Gasteiger partial charge in [0.05, 0.1) is 0 Å². The maximum Gasteiger partial charge on any atom is 0.159 e. The Labute approximate surface area is 141 Å². The van der Waals surface area contributed by atoms with E-state index in [9.17, 15) is 0 Å². The van der Waals surface area contributed by atoms with Crippen molar-refractivity contribution in [1.29, 1.82) is 0 Å². The molecule has 0 aliphatic heterocycles. The van der Waals surface area contributed by atoms with E-state index in [0.29, 0.717) is 0 Å². The quantitative estimate of drug-likeness (QED) is 0.503. The number of benzene rings is 1. The fourth-order valence-corrected chi connectivity index (χ4v) is 2.79. The molecule has 0 saturated heterocycles. The molecule has 1 aromatic carbocycles. The maximum absolute atomic E-state index is 4.54. The standard InChI is InChI=1S/C21H30N2/c1-3-5-7-9-11-19-16-22-21(23-17-19)20-14-12-18(13-15-20)10-8-6-4-2/h12-17H,3-11H2,1-2H3. The van der Waals surface area contributed by atoms with E-state index in [0.717, 1.165) is 17.8 Å². The zero-order chi connectivity index (χ0) is 16.3. The van der Waals surface area contributed by atoms with Crippen LogP contribution in [0.2, 0.25) is 0 Å². The SMILES string of the molecule is CCCCCCc1cnc(-c2ccc(CCCCC)cc2)nc1. The van der Waals surface area contributed by atoms with Gasteiger partial charge >= 0.3 is 0 Å². The van der Waals surface area contributed by atoms with Crippen LogP contribution in [0.1, 0.15) is 69.9 Å². The monoisotopic (exact) mass is 310 g/mol. The Hall–Kier alpha value is -1.70. The Kier molecular flexibility index (Phi) is 7.79. The Morgan fingerprint density at radius 2 is 1.22 bits per heavy atom. The second-order valence-electron chi connectivity index (χ2n) is 6.38. The van der Waals surface area contributed by atoms with Crippen molar-refractivity contribution in [3.8, 4) is 11.4 Å². The lowest BCUT2D eigenvalue weighted by Crippen LogP contribution is -1.94. The zero-order valence-electron chi connectivity index (χ0n) is 14.7. The molecular weight excluding hydrogens is 280 g/mol. The average Bonchev–Trinajstić information content (AvgIpc) is 2.60. The summed E-state index contributed by atoms with van der Waals surface area (Å²) in [6, 6.07) is 8.73. The minimum atomic E-state index is 0.836. The fraction of sp³-hybridized carbons (Fsp3) is 0.524. The van der Waals surface area contributed by atoms with Gasteiger partial charge in [-0.1, -0.05) is 70.2 Å². The van der Waals surface area contributed by atoms with Crippen LogP contribution in [-0.4, -0.2) is 9.97 Å². The molecule has 124 valence electrons. The summed E-state index contributed by atoms with van der Waals surface area (Å²) in [4.78, 5) is 9.08. The van der Waals surface area contributed by atoms with Crippen LogP contribution in [0.15, 0.2) is 36.7 Å². The molecular formula is C21H30N2. The third-order valence-corrected chi connectivity index (χ3v) is 4.31. The van der Waals surface area contributed by atoms with Crippen molar-refractivity contribution in [2.24, 2.45) is 0 Å². The molecule has 0 amide bonds. The summed E-state index contributed by atoms with van der Waals surface area (Å²) in [6.45, 7) is 4.49. The first-order valence-corrected chi connectivity index (χ1v) is 9.23. The van der Waals surface area contributed by atoms with E-state index in [-0.39, 0.29) is 0 Å². The highest BCUT2D eigenvalue weighted by atomic mass is 14.9. The molecule has 2 rings (SSSR count). The van der Waals surface area contributed by atoms with Gasteiger partial charge < -0.3 is 0 Å². The molecule has 0 saturated carbocycles. The van der Waals surface area contributed by atoms with E-state index in [4.69, 9.17) is 0 Å². The summed E-state index contributed by atoms with van der Waals surface area (Å²) in [5.74, 6) is 0.836. The zero-order valence-corrected chi connectivity index (χ0v) is 14.7. The van der Waals surface area contributed by atoms with Crippen molar-refractivity contribution < 1.29 is 0 Å². The number of unbranched alkanes of at least 4 members (excludes halogenated alkanes) is 5. The number of aromatic nitrogens is 2. The fourth-order valence-electron chi connectivity index (χ4n) is 2.79. The minimum absolute atomic E-state index is 0.836. The van der Waals surface area contributed by atoms with Crippen molar-refractivity contribution in [3.05, 3.63) is 47.8 Å². The minimum Gasteiger partial charge on any atom is -0.236 e. The summed E-state index contributed by atoms with van der Waals surface area (Å²) in [5.41, 5.74) is 3.78. The number of nitrogens with zero attached hydrogens (tertiary/aromatic N) is 2. The molecule has 1 heterocycles. The Morgan fingerprint density at radius 3 is 1.87 bits per heavy atom. The van der Waals surface area contributed by atoms with E-state index >= 15 is 0 Å². The van der Waals surface area contributed by atoms with E-state index in [1.165, 1.54) is 62.5 Å². The first-order chi connectivity index (χ1) is 11.3. The van der Waals surface area contributed by atoms with Gasteiger partial charge in [-0.15, -0.1) is 0 Å². The molecule has 0 unspecified atom stereocenters. The van der Waals surface area contributed by atoms with E-state index in [1.807, 2.05) is 12.4 Å². The maximum atomic E-state index is 4.54. The number of hydrogen-bond acceptors (Lipinski definition) is 2. The summed E-state index contributed by atoms with van der Waals surface area (Å²) < 4.78 is 0. The lowest BCUT2D eigenvalue weighted by molar-refractivity contribution is 0.665. The molecule has 0 atom stereocenters. The first-order valence-electron chi connectivity index (χ1n) is 9.23. The molecule has 0 aliphatic carbocycles. The van der Waals surface area contributed by atoms with Crippen molar-refractivity contribution >= 4 is 0 Å². The molecule has 23 heavy (non-hydrogen) atoms. The van der Waals surface area contributed by atoms with Crippen LogP contribution in [0.3, 0.4) is 0 Å². The number of hydrogen-bond donors (Lipinski definition) is 0. The van der Waals surface area contributed by atoms with Crippen molar-refractivity contribution in [2.75, 3.05) is 0 Å². The van der Waals surface area contributed by atoms with E-state index in [2.05, 4.69) is 48.1 Å². The Morgan fingerprint density at radius 1 is 0.652 bits per heavy atom. The van der Waals surface area contributed by atoms with E-state index < -0.39 is 0 Å². The summed E-state index contributed by atoms with van der Waals surface area (Å²) in [7, 11) is 0. The van der Waals surface area contributed by atoms with Crippen LogP contribution in [-0.2, 0) is 12.8 Å². The van der Waals surface area contributed by atoms with Gasteiger partial charge in [-0.25, -0.2) is 9.97 Å².